The lowest BCUT2D eigenvalue weighted by atomic mass is 10.1. The largest absolute Gasteiger partial charge is 0.323 e. The molecule has 130 valence electrons. The first-order valence-corrected chi connectivity index (χ1v) is 9.08. The average Bonchev–Trinajstić information content (AvgIpc) is 3.15. The van der Waals surface area contributed by atoms with Gasteiger partial charge in [0, 0.05) is 22.7 Å². The first kappa shape index (κ1) is 17.8. The molecule has 1 aromatic heterocycles. The van der Waals surface area contributed by atoms with Crippen LogP contribution in [0.15, 0.2) is 69.4 Å². The number of aromatic nitrogens is 2. The molecule has 0 aliphatic carbocycles. The fourth-order valence-electron chi connectivity index (χ4n) is 2.06. The van der Waals surface area contributed by atoms with Crippen LogP contribution in [0.25, 0.3) is 6.08 Å². The number of nitro groups is 1. The van der Waals surface area contributed by atoms with Crippen molar-refractivity contribution in [1.82, 2.24) is 10.2 Å². The van der Waals surface area contributed by atoms with E-state index < -0.39 is 4.92 Å². The number of benzene rings is 2. The molecule has 0 atom stereocenters. The van der Waals surface area contributed by atoms with Crippen LogP contribution >= 0.6 is 23.1 Å². The number of hydrogen-bond acceptors (Lipinski definition) is 7. The molecule has 0 unspecified atom stereocenters. The number of anilines is 1. The Hall–Kier alpha value is -3.04. The molecule has 0 aliphatic heterocycles. The van der Waals surface area contributed by atoms with E-state index in [2.05, 4.69) is 15.5 Å². The zero-order chi connectivity index (χ0) is 18.4. The second-order valence-electron chi connectivity index (χ2n) is 4.97. The van der Waals surface area contributed by atoms with Gasteiger partial charge < -0.3 is 5.32 Å². The normalized spacial score (nSPS) is 10.8. The molecule has 0 fully saturated rings. The molecule has 7 nitrogen and oxygen atoms in total. The molecule has 0 spiro atoms. The first-order valence-electron chi connectivity index (χ1n) is 7.38. The predicted molar refractivity (Wildman–Crippen MR) is 101 cm³/mol. The second-order valence-corrected chi connectivity index (χ2v) is 7.12. The van der Waals surface area contributed by atoms with E-state index in [1.807, 2.05) is 12.1 Å². The second kappa shape index (κ2) is 8.37. The molecule has 0 bridgehead atoms. The van der Waals surface area contributed by atoms with Crippen molar-refractivity contribution in [2.75, 3.05) is 5.32 Å². The van der Waals surface area contributed by atoms with E-state index >= 15 is 0 Å². The SMILES string of the molecule is O=C(C=Cc1ccccc1[N+](=O)[O-])Nc1ccc(Sc2nncs2)cc1. The van der Waals surface area contributed by atoms with E-state index in [-0.39, 0.29) is 11.6 Å². The number of carbonyl (C=O) groups excluding carboxylic acids is 1. The van der Waals surface area contributed by atoms with E-state index in [0.29, 0.717) is 11.3 Å². The van der Waals surface area contributed by atoms with Crippen molar-refractivity contribution in [3.8, 4) is 0 Å². The Morgan fingerprint density at radius 3 is 2.65 bits per heavy atom. The number of nitrogens with zero attached hydrogens (tertiary/aromatic N) is 3. The van der Waals surface area contributed by atoms with Gasteiger partial charge in [-0.05, 0) is 36.4 Å². The van der Waals surface area contributed by atoms with Crippen LogP contribution in [0.2, 0.25) is 0 Å². The Morgan fingerprint density at radius 2 is 1.96 bits per heavy atom. The summed E-state index contributed by atoms with van der Waals surface area (Å²) in [6.07, 6.45) is 2.69. The smallest absolute Gasteiger partial charge is 0.276 e. The van der Waals surface area contributed by atoms with Crippen molar-refractivity contribution in [3.63, 3.8) is 0 Å². The quantitative estimate of drug-likeness (QED) is 0.388. The monoisotopic (exact) mass is 384 g/mol. The van der Waals surface area contributed by atoms with Gasteiger partial charge in [-0.15, -0.1) is 10.2 Å². The maximum absolute atomic E-state index is 12.0. The third-order valence-electron chi connectivity index (χ3n) is 3.21. The third kappa shape index (κ3) is 4.74. The molecular weight excluding hydrogens is 372 g/mol. The van der Waals surface area contributed by atoms with Crippen LogP contribution in [-0.4, -0.2) is 21.0 Å². The summed E-state index contributed by atoms with van der Waals surface area (Å²) in [6.45, 7) is 0. The fraction of sp³-hybridized carbons (Fsp3) is 0. The number of nitro benzene ring substituents is 1. The van der Waals surface area contributed by atoms with Crippen molar-refractivity contribution in [2.45, 2.75) is 9.24 Å². The average molecular weight is 384 g/mol. The Bertz CT molecular complexity index is 941. The van der Waals surface area contributed by atoms with Crippen LogP contribution in [-0.2, 0) is 4.79 Å². The Kier molecular flexibility index (Phi) is 5.72. The zero-order valence-corrected chi connectivity index (χ0v) is 14.9. The van der Waals surface area contributed by atoms with E-state index in [9.17, 15) is 14.9 Å². The molecule has 0 saturated carbocycles. The Balaban J connectivity index is 1.62. The highest BCUT2D eigenvalue weighted by molar-refractivity contribution is 8.01. The van der Waals surface area contributed by atoms with Crippen LogP contribution < -0.4 is 5.32 Å². The lowest BCUT2D eigenvalue weighted by Gasteiger charge is -2.03. The Morgan fingerprint density at radius 1 is 1.19 bits per heavy atom. The van der Waals surface area contributed by atoms with Crippen molar-refractivity contribution in [1.29, 1.82) is 0 Å². The van der Waals surface area contributed by atoms with E-state index in [0.717, 1.165) is 9.24 Å². The topological polar surface area (TPSA) is 98.0 Å². The molecule has 2 aromatic carbocycles. The van der Waals surface area contributed by atoms with Gasteiger partial charge in [0.15, 0.2) is 4.34 Å². The zero-order valence-electron chi connectivity index (χ0n) is 13.2. The summed E-state index contributed by atoms with van der Waals surface area (Å²) < 4.78 is 0.842. The molecule has 0 saturated heterocycles. The van der Waals surface area contributed by atoms with Gasteiger partial charge in [-0.25, -0.2) is 0 Å². The minimum absolute atomic E-state index is 0.0467. The molecule has 1 heterocycles. The lowest BCUT2D eigenvalue weighted by Crippen LogP contribution is -2.07. The van der Waals surface area contributed by atoms with Crippen LogP contribution in [0, 0.1) is 10.1 Å². The van der Waals surface area contributed by atoms with E-state index in [1.165, 1.54) is 41.3 Å². The summed E-state index contributed by atoms with van der Waals surface area (Å²) in [5.74, 6) is -0.368. The van der Waals surface area contributed by atoms with Crippen molar-refractivity contribution >= 4 is 46.5 Å². The van der Waals surface area contributed by atoms with Gasteiger partial charge in [0.05, 0.1) is 10.5 Å². The minimum atomic E-state index is -0.480. The van der Waals surface area contributed by atoms with Crippen LogP contribution in [0.3, 0.4) is 0 Å². The number of nitrogens with one attached hydrogen (secondary N) is 1. The summed E-state index contributed by atoms with van der Waals surface area (Å²) in [5, 5.41) is 21.4. The molecule has 3 aromatic rings. The highest BCUT2D eigenvalue weighted by Gasteiger charge is 2.09. The van der Waals surface area contributed by atoms with Gasteiger partial charge in [-0.1, -0.05) is 35.2 Å². The van der Waals surface area contributed by atoms with Crippen molar-refractivity contribution in [3.05, 3.63) is 75.8 Å². The summed E-state index contributed by atoms with van der Waals surface area (Å²) in [4.78, 5) is 23.5. The maximum atomic E-state index is 12.0. The maximum Gasteiger partial charge on any atom is 0.276 e. The molecule has 3 rings (SSSR count). The van der Waals surface area contributed by atoms with Gasteiger partial charge >= 0.3 is 0 Å². The Labute approximate surface area is 156 Å². The van der Waals surface area contributed by atoms with Crippen LogP contribution in [0.5, 0.6) is 0 Å². The molecule has 0 aliphatic rings. The predicted octanol–water partition coefficient (Wildman–Crippen LogP) is 4.25. The number of hydrogen-bond donors (Lipinski definition) is 1. The number of rotatable bonds is 6. The molecule has 1 amide bonds. The summed E-state index contributed by atoms with van der Waals surface area (Å²) in [5.41, 5.74) is 2.62. The molecule has 1 N–H and O–H groups in total. The van der Waals surface area contributed by atoms with Crippen molar-refractivity contribution in [2.24, 2.45) is 0 Å². The van der Waals surface area contributed by atoms with Gasteiger partial charge in [0.25, 0.3) is 5.69 Å². The number of para-hydroxylation sites is 1. The molecule has 9 heteroatoms. The summed E-state index contributed by atoms with van der Waals surface area (Å²) in [7, 11) is 0. The van der Waals surface area contributed by atoms with Gasteiger partial charge in [-0.3, -0.25) is 14.9 Å². The summed E-state index contributed by atoms with van der Waals surface area (Å²) >= 11 is 2.94. The van der Waals surface area contributed by atoms with Gasteiger partial charge in [0.1, 0.15) is 5.51 Å². The van der Waals surface area contributed by atoms with E-state index in [1.54, 1.807) is 35.8 Å². The van der Waals surface area contributed by atoms with E-state index in [4.69, 9.17) is 0 Å². The minimum Gasteiger partial charge on any atom is -0.323 e. The van der Waals surface area contributed by atoms with Crippen LogP contribution in [0.4, 0.5) is 11.4 Å². The standard InChI is InChI=1S/C17H12N4O3S2/c22-16(10-5-12-3-1-2-4-15(12)21(23)24)19-13-6-8-14(9-7-13)26-17-20-18-11-25-17/h1-11H,(H,19,22). The van der Waals surface area contributed by atoms with Crippen molar-refractivity contribution < 1.29 is 9.72 Å². The third-order valence-corrected chi connectivity index (χ3v) is 5.00. The highest BCUT2D eigenvalue weighted by atomic mass is 32.2. The van der Waals surface area contributed by atoms with Crippen LogP contribution in [0.1, 0.15) is 5.56 Å². The number of amides is 1. The fourth-order valence-corrected chi connectivity index (χ4v) is 3.51. The lowest BCUT2D eigenvalue weighted by molar-refractivity contribution is -0.385. The number of carbonyl (C=O) groups is 1. The molecule has 0 radical (unpaired) electrons. The van der Waals surface area contributed by atoms with Gasteiger partial charge in [0.2, 0.25) is 5.91 Å². The van der Waals surface area contributed by atoms with Gasteiger partial charge in [-0.2, -0.15) is 0 Å². The molecular formula is C17H12N4O3S2. The highest BCUT2D eigenvalue weighted by Crippen LogP contribution is 2.29. The first-order chi connectivity index (χ1) is 12.6. The molecule has 26 heavy (non-hydrogen) atoms. The summed E-state index contributed by atoms with van der Waals surface area (Å²) in [6, 6.07) is 13.5.